The van der Waals surface area contributed by atoms with Crippen molar-refractivity contribution >= 4 is 32.7 Å². The maximum absolute atomic E-state index is 6.25. The fraction of sp³-hybridized carbons (Fsp3) is 0.0213. The molecule has 1 heteroatoms. The molecular formula is C47H32O. The van der Waals surface area contributed by atoms with Crippen LogP contribution in [0.4, 0.5) is 0 Å². The Kier molecular flexibility index (Phi) is 6.76. The van der Waals surface area contributed by atoms with Crippen molar-refractivity contribution in [2.24, 2.45) is 0 Å². The summed E-state index contributed by atoms with van der Waals surface area (Å²) in [7, 11) is 0. The summed E-state index contributed by atoms with van der Waals surface area (Å²) in [6.45, 7) is 2.19. The van der Waals surface area contributed by atoms with Gasteiger partial charge in [-0.2, -0.15) is 0 Å². The molecule has 0 radical (unpaired) electrons. The van der Waals surface area contributed by atoms with Gasteiger partial charge in [0.05, 0.1) is 0 Å². The maximum Gasteiger partial charge on any atom is 0.135 e. The third-order valence-corrected chi connectivity index (χ3v) is 9.60. The molecule has 0 saturated carbocycles. The Morgan fingerprint density at radius 2 is 0.771 bits per heavy atom. The van der Waals surface area contributed by atoms with E-state index >= 15 is 0 Å². The standard InChI is InChI=1S/C47H32O/c1-31-15-16-38(32-9-4-2-5-10-32)28-43(31)41-14-8-13-35(25-41)36-19-17-34-18-20-37(27-42(34)26-36)40-22-24-47-45(30-40)44-29-39(21-23-46(44)48-47)33-11-6-3-7-12-33/h2-30H,1H3. The van der Waals surface area contributed by atoms with Crippen molar-refractivity contribution in [1.29, 1.82) is 0 Å². The van der Waals surface area contributed by atoms with Gasteiger partial charge in [0.25, 0.3) is 0 Å². The minimum Gasteiger partial charge on any atom is -0.456 e. The quantitative estimate of drug-likeness (QED) is 0.188. The molecule has 48 heavy (non-hydrogen) atoms. The van der Waals surface area contributed by atoms with Crippen LogP contribution in [-0.2, 0) is 0 Å². The van der Waals surface area contributed by atoms with Crippen LogP contribution >= 0.6 is 0 Å². The second kappa shape index (κ2) is 11.6. The highest BCUT2D eigenvalue weighted by Crippen LogP contribution is 2.37. The van der Waals surface area contributed by atoms with Gasteiger partial charge in [-0.05, 0) is 127 Å². The van der Waals surface area contributed by atoms with E-state index in [0.717, 1.165) is 21.9 Å². The molecule has 0 aliphatic carbocycles. The lowest BCUT2D eigenvalue weighted by Gasteiger charge is -2.12. The van der Waals surface area contributed by atoms with Crippen molar-refractivity contribution in [2.75, 3.05) is 0 Å². The van der Waals surface area contributed by atoms with E-state index in [0.29, 0.717) is 0 Å². The molecule has 9 rings (SSSR count). The molecule has 0 bridgehead atoms. The summed E-state index contributed by atoms with van der Waals surface area (Å²) < 4.78 is 6.25. The van der Waals surface area contributed by atoms with Crippen molar-refractivity contribution < 1.29 is 4.42 Å². The minimum absolute atomic E-state index is 0.909. The molecule has 226 valence electrons. The normalized spacial score (nSPS) is 11.4. The molecule has 0 unspecified atom stereocenters. The number of furan rings is 1. The third-order valence-electron chi connectivity index (χ3n) is 9.60. The monoisotopic (exact) mass is 612 g/mol. The molecule has 9 aromatic rings. The summed E-state index contributed by atoms with van der Waals surface area (Å²) in [5.41, 5.74) is 15.2. The van der Waals surface area contributed by atoms with E-state index < -0.39 is 0 Å². The molecule has 1 aromatic heterocycles. The smallest absolute Gasteiger partial charge is 0.135 e. The number of fused-ring (bicyclic) bond motifs is 4. The second-order valence-electron chi connectivity index (χ2n) is 12.6. The van der Waals surface area contributed by atoms with Gasteiger partial charge >= 0.3 is 0 Å². The summed E-state index contributed by atoms with van der Waals surface area (Å²) in [6.07, 6.45) is 0. The van der Waals surface area contributed by atoms with Crippen molar-refractivity contribution in [3.05, 3.63) is 181 Å². The first-order valence-electron chi connectivity index (χ1n) is 16.5. The lowest BCUT2D eigenvalue weighted by atomic mass is 9.92. The van der Waals surface area contributed by atoms with E-state index in [4.69, 9.17) is 4.42 Å². The van der Waals surface area contributed by atoms with Crippen molar-refractivity contribution in [3.63, 3.8) is 0 Å². The Hall–Kier alpha value is -6.18. The van der Waals surface area contributed by atoms with Crippen LogP contribution in [0.3, 0.4) is 0 Å². The number of rotatable bonds is 5. The number of benzene rings is 8. The molecule has 0 aliphatic heterocycles. The van der Waals surface area contributed by atoms with E-state index in [1.807, 2.05) is 0 Å². The van der Waals surface area contributed by atoms with Crippen molar-refractivity contribution in [3.8, 4) is 55.6 Å². The fourth-order valence-corrected chi connectivity index (χ4v) is 6.98. The van der Waals surface area contributed by atoms with E-state index in [-0.39, 0.29) is 0 Å². The van der Waals surface area contributed by atoms with E-state index in [9.17, 15) is 0 Å². The highest BCUT2D eigenvalue weighted by atomic mass is 16.3. The molecule has 0 N–H and O–H groups in total. The Morgan fingerprint density at radius 3 is 1.40 bits per heavy atom. The Labute approximate surface area is 280 Å². The summed E-state index contributed by atoms with van der Waals surface area (Å²) in [4.78, 5) is 0. The third kappa shape index (κ3) is 5.07. The van der Waals surface area contributed by atoms with Crippen LogP contribution in [0.15, 0.2) is 180 Å². The molecule has 1 heterocycles. The number of aryl methyl sites for hydroxylation is 1. The fourth-order valence-electron chi connectivity index (χ4n) is 6.98. The van der Waals surface area contributed by atoms with Crippen molar-refractivity contribution in [1.82, 2.24) is 0 Å². The molecule has 1 nitrogen and oxygen atoms in total. The highest BCUT2D eigenvalue weighted by Gasteiger charge is 2.12. The Balaban J connectivity index is 1.08. The van der Waals surface area contributed by atoms with Crippen LogP contribution < -0.4 is 0 Å². The first kappa shape index (κ1) is 28.1. The zero-order chi connectivity index (χ0) is 32.0. The molecule has 0 amide bonds. The first-order chi connectivity index (χ1) is 23.7. The van der Waals surface area contributed by atoms with Crippen LogP contribution in [0.25, 0.3) is 88.3 Å². The summed E-state index contributed by atoms with van der Waals surface area (Å²) in [5.74, 6) is 0. The van der Waals surface area contributed by atoms with Gasteiger partial charge in [0.1, 0.15) is 11.2 Å². The lowest BCUT2D eigenvalue weighted by Crippen LogP contribution is -1.87. The second-order valence-corrected chi connectivity index (χ2v) is 12.6. The number of hydrogen-bond donors (Lipinski definition) is 0. The maximum atomic E-state index is 6.25. The zero-order valence-electron chi connectivity index (χ0n) is 26.7. The van der Waals surface area contributed by atoms with Gasteiger partial charge < -0.3 is 4.42 Å². The molecule has 0 atom stereocenters. The molecule has 0 spiro atoms. The topological polar surface area (TPSA) is 13.1 Å². The van der Waals surface area contributed by atoms with Crippen molar-refractivity contribution in [2.45, 2.75) is 6.92 Å². The summed E-state index contributed by atoms with van der Waals surface area (Å²) in [5, 5.41) is 4.73. The van der Waals surface area contributed by atoms with E-state index in [1.165, 1.54) is 72.0 Å². The summed E-state index contributed by atoms with van der Waals surface area (Å²) >= 11 is 0. The molecule has 0 saturated heterocycles. The number of hydrogen-bond acceptors (Lipinski definition) is 1. The van der Waals surface area contributed by atoms with Gasteiger partial charge in [-0.15, -0.1) is 0 Å². The molecule has 0 fully saturated rings. The van der Waals surface area contributed by atoms with Gasteiger partial charge in [-0.25, -0.2) is 0 Å². The van der Waals surface area contributed by atoms with Crippen LogP contribution in [0.1, 0.15) is 5.56 Å². The SMILES string of the molecule is Cc1ccc(-c2ccccc2)cc1-c1cccc(-c2ccc3ccc(-c4ccc5oc6ccc(-c7ccccc7)cc6c5c4)cc3c2)c1. The van der Waals surface area contributed by atoms with Gasteiger partial charge in [0, 0.05) is 10.8 Å². The molecular weight excluding hydrogens is 581 g/mol. The van der Waals surface area contributed by atoms with Gasteiger partial charge in [-0.1, -0.05) is 127 Å². The predicted molar refractivity (Wildman–Crippen MR) is 203 cm³/mol. The van der Waals surface area contributed by atoms with Gasteiger partial charge in [-0.3, -0.25) is 0 Å². The van der Waals surface area contributed by atoms with Crippen LogP contribution in [-0.4, -0.2) is 0 Å². The zero-order valence-corrected chi connectivity index (χ0v) is 26.7. The van der Waals surface area contributed by atoms with E-state index in [1.54, 1.807) is 0 Å². The van der Waals surface area contributed by atoms with Crippen LogP contribution in [0, 0.1) is 6.92 Å². The predicted octanol–water partition coefficient (Wildman–Crippen LogP) is 13.4. The average molecular weight is 613 g/mol. The van der Waals surface area contributed by atoms with Crippen LogP contribution in [0.2, 0.25) is 0 Å². The minimum atomic E-state index is 0.909. The Morgan fingerprint density at radius 1 is 0.312 bits per heavy atom. The van der Waals surface area contributed by atoms with Crippen LogP contribution in [0.5, 0.6) is 0 Å². The molecule has 0 aliphatic rings. The Bertz CT molecular complexity index is 2610. The largest absolute Gasteiger partial charge is 0.456 e. The molecule has 8 aromatic carbocycles. The summed E-state index contributed by atoms with van der Waals surface area (Å²) in [6, 6.07) is 63.4. The van der Waals surface area contributed by atoms with Gasteiger partial charge in [0.15, 0.2) is 0 Å². The average Bonchev–Trinajstić information content (AvgIpc) is 3.52. The highest BCUT2D eigenvalue weighted by molar-refractivity contribution is 6.08. The first-order valence-corrected chi connectivity index (χ1v) is 16.5. The van der Waals surface area contributed by atoms with Gasteiger partial charge in [0.2, 0.25) is 0 Å². The lowest BCUT2D eigenvalue weighted by molar-refractivity contribution is 0.669. The van der Waals surface area contributed by atoms with E-state index in [2.05, 4.69) is 183 Å².